The maximum absolute atomic E-state index is 12.0. The van der Waals surface area contributed by atoms with Gasteiger partial charge in [-0.05, 0) is 56.1 Å². The Bertz CT molecular complexity index is 719. The van der Waals surface area contributed by atoms with E-state index in [1.165, 1.54) is 12.8 Å². The summed E-state index contributed by atoms with van der Waals surface area (Å²) in [6, 6.07) is 7.62. The van der Waals surface area contributed by atoms with Crippen LogP contribution in [-0.4, -0.2) is 49.1 Å². The number of carbonyl (C=O) groups excluding carboxylic acids is 1. The van der Waals surface area contributed by atoms with Crippen LogP contribution in [0.1, 0.15) is 32.1 Å². The van der Waals surface area contributed by atoms with Crippen LogP contribution in [0.25, 0.3) is 11.3 Å². The topological polar surface area (TPSA) is 67.6 Å². The Hall–Kier alpha value is -2.34. The third-order valence-electron chi connectivity index (χ3n) is 5.12. The summed E-state index contributed by atoms with van der Waals surface area (Å²) in [6.45, 7) is 6.22. The van der Waals surface area contributed by atoms with Gasteiger partial charge in [0.25, 0.3) is 0 Å². The Morgan fingerprint density at radius 3 is 2.74 bits per heavy atom. The highest BCUT2D eigenvalue weighted by Crippen LogP contribution is 2.23. The summed E-state index contributed by atoms with van der Waals surface area (Å²) >= 11 is 0. The van der Waals surface area contributed by atoms with Gasteiger partial charge in [-0.3, -0.25) is 4.79 Å². The molecule has 0 unspecified atom stereocenters. The fraction of sp³-hybridized carbons (Fsp3) is 0.524. The number of aryl methyl sites for hydroxylation is 1. The third kappa shape index (κ3) is 5.82. The van der Waals surface area contributed by atoms with Crippen LogP contribution in [0.3, 0.4) is 0 Å². The lowest BCUT2D eigenvalue weighted by Gasteiger charge is -2.30. The number of piperidine rings is 1. The van der Waals surface area contributed by atoms with Gasteiger partial charge in [0, 0.05) is 31.5 Å². The van der Waals surface area contributed by atoms with Gasteiger partial charge in [-0.25, -0.2) is 4.98 Å². The molecule has 1 aliphatic heterocycles. The maximum Gasteiger partial charge on any atom is 0.220 e. The number of nitrogens with one attached hydrogen (secondary N) is 1. The van der Waals surface area contributed by atoms with E-state index in [0.29, 0.717) is 31.0 Å². The number of hydrogen-bond acceptors (Lipinski definition) is 5. The van der Waals surface area contributed by atoms with E-state index in [4.69, 9.17) is 9.15 Å². The van der Waals surface area contributed by atoms with Gasteiger partial charge in [-0.2, -0.15) is 0 Å². The molecule has 3 rings (SSSR count). The Balaban J connectivity index is 1.38. The molecule has 146 valence electrons. The number of likely N-dealkylation sites (tertiary alicyclic amines) is 1. The van der Waals surface area contributed by atoms with Gasteiger partial charge in [0.1, 0.15) is 5.75 Å². The Morgan fingerprint density at radius 2 is 2.04 bits per heavy atom. The fourth-order valence-electron chi connectivity index (χ4n) is 3.26. The molecule has 1 aliphatic rings. The number of amides is 1. The fourth-order valence-corrected chi connectivity index (χ4v) is 3.26. The third-order valence-corrected chi connectivity index (χ3v) is 5.12. The smallest absolute Gasteiger partial charge is 0.220 e. The summed E-state index contributed by atoms with van der Waals surface area (Å²) in [7, 11) is 1.64. The molecule has 0 atom stereocenters. The van der Waals surface area contributed by atoms with Crippen molar-refractivity contribution < 1.29 is 13.9 Å². The number of nitrogens with zero attached hydrogens (tertiary/aromatic N) is 2. The summed E-state index contributed by atoms with van der Waals surface area (Å²) in [5.41, 5.74) is 0.940. The number of hydrogen-bond donors (Lipinski definition) is 1. The molecule has 0 spiro atoms. The number of oxazole rings is 1. The summed E-state index contributed by atoms with van der Waals surface area (Å²) in [5, 5.41) is 3.00. The van der Waals surface area contributed by atoms with Crippen molar-refractivity contribution in [2.24, 2.45) is 5.92 Å². The van der Waals surface area contributed by atoms with Gasteiger partial charge < -0.3 is 19.4 Å². The molecule has 6 nitrogen and oxygen atoms in total. The standard InChI is InChI=1S/C21H29N3O3/c1-16-9-12-24(13-10-16)14-11-22-20(25)7-8-21-23-15-19(27-21)17-3-5-18(26-2)6-4-17/h3-6,15-16H,7-14H2,1-2H3,(H,22,25). The molecule has 27 heavy (non-hydrogen) atoms. The summed E-state index contributed by atoms with van der Waals surface area (Å²) in [6.07, 6.45) is 5.11. The van der Waals surface area contributed by atoms with Crippen molar-refractivity contribution >= 4 is 5.91 Å². The lowest BCUT2D eigenvalue weighted by atomic mass is 9.99. The Kier molecular flexibility index (Phi) is 6.87. The zero-order valence-electron chi connectivity index (χ0n) is 16.2. The first kappa shape index (κ1) is 19.4. The second-order valence-corrected chi connectivity index (χ2v) is 7.22. The van der Waals surface area contributed by atoms with Gasteiger partial charge in [-0.1, -0.05) is 6.92 Å². The molecule has 0 bridgehead atoms. The zero-order valence-corrected chi connectivity index (χ0v) is 16.2. The molecular weight excluding hydrogens is 342 g/mol. The summed E-state index contributed by atoms with van der Waals surface area (Å²) in [5.74, 6) is 2.96. The second kappa shape index (κ2) is 9.55. The number of ether oxygens (including phenoxy) is 1. The Labute approximate surface area is 160 Å². The highest BCUT2D eigenvalue weighted by molar-refractivity contribution is 5.76. The number of rotatable bonds is 8. The van der Waals surface area contributed by atoms with Crippen LogP contribution in [0, 0.1) is 5.92 Å². The molecule has 1 N–H and O–H groups in total. The van der Waals surface area contributed by atoms with E-state index in [9.17, 15) is 4.79 Å². The SMILES string of the molecule is COc1ccc(-c2cnc(CCC(=O)NCCN3CCC(C)CC3)o2)cc1. The molecule has 1 fully saturated rings. The molecule has 1 aromatic heterocycles. The van der Waals surface area contributed by atoms with Crippen molar-refractivity contribution in [1.29, 1.82) is 0 Å². The average molecular weight is 371 g/mol. The highest BCUT2D eigenvalue weighted by atomic mass is 16.5. The second-order valence-electron chi connectivity index (χ2n) is 7.22. The van der Waals surface area contributed by atoms with Crippen LogP contribution in [0.2, 0.25) is 0 Å². The van der Waals surface area contributed by atoms with Crippen LogP contribution in [0.15, 0.2) is 34.9 Å². The average Bonchev–Trinajstić information content (AvgIpc) is 3.17. The molecule has 0 aliphatic carbocycles. The molecule has 0 saturated carbocycles. The summed E-state index contributed by atoms with van der Waals surface area (Å²) in [4.78, 5) is 18.8. The zero-order chi connectivity index (χ0) is 19.1. The van der Waals surface area contributed by atoms with E-state index >= 15 is 0 Å². The predicted molar refractivity (Wildman–Crippen MR) is 105 cm³/mol. The van der Waals surface area contributed by atoms with Gasteiger partial charge in [0.05, 0.1) is 13.3 Å². The number of methoxy groups -OCH3 is 1. The number of carbonyl (C=O) groups is 1. The van der Waals surface area contributed by atoms with Gasteiger partial charge in [0.15, 0.2) is 11.7 Å². The highest BCUT2D eigenvalue weighted by Gasteiger charge is 2.15. The van der Waals surface area contributed by atoms with Gasteiger partial charge in [0.2, 0.25) is 5.91 Å². The van der Waals surface area contributed by atoms with E-state index in [1.807, 2.05) is 24.3 Å². The van der Waals surface area contributed by atoms with E-state index in [0.717, 1.165) is 36.9 Å². The minimum Gasteiger partial charge on any atom is -0.497 e. The van der Waals surface area contributed by atoms with Crippen molar-refractivity contribution in [3.63, 3.8) is 0 Å². The van der Waals surface area contributed by atoms with Crippen molar-refractivity contribution in [1.82, 2.24) is 15.2 Å². The van der Waals surface area contributed by atoms with Crippen LogP contribution >= 0.6 is 0 Å². The van der Waals surface area contributed by atoms with Crippen molar-refractivity contribution in [2.75, 3.05) is 33.3 Å². The molecule has 2 heterocycles. The van der Waals surface area contributed by atoms with E-state index in [2.05, 4.69) is 22.1 Å². The molecule has 1 aromatic carbocycles. The minimum atomic E-state index is 0.0459. The predicted octanol–water partition coefficient (Wildman–Crippen LogP) is 3.13. The molecule has 2 aromatic rings. The largest absolute Gasteiger partial charge is 0.497 e. The molecular formula is C21H29N3O3. The normalized spacial score (nSPS) is 15.6. The lowest BCUT2D eigenvalue weighted by Crippen LogP contribution is -2.39. The first-order valence-electron chi connectivity index (χ1n) is 9.72. The molecule has 0 radical (unpaired) electrons. The van der Waals surface area contributed by atoms with Gasteiger partial charge >= 0.3 is 0 Å². The first-order valence-corrected chi connectivity index (χ1v) is 9.72. The quantitative estimate of drug-likeness (QED) is 0.772. The summed E-state index contributed by atoms with van der Waals surface area (Å²) < 4.78 is 10.9. The van der Waals surface area contributed by atoms with E-state index < -0.39 is 0 Å². The van der Waals surface area contributed by atoms with Gasteiger partial charge in [-0.15, -0.1) is 0 Å². The van der Waals surface area contributed by atoms with Crippen LogP contribution < -0.4 is 10.1 Å². The van der Waals surface area contributed by atoms with E-state index in [-0.39, 0.29) is 5.91 Å². The van der Waals surface area contributed by atoms with Crippen LogP contribution in [0.4, 0.5) is 0 Å². The first-order chi connectivity index (χ1) is 13.1. The van der Waals surface area contributed by atoms with Crippen LogP contribution in [0.5, 0.6) is 5.75 Å². The number of benzene rings is 1. The minimum absolute atomic E-state index is 0.0459. The van der Waals surface area contributed by atoms with Crippen molar-refractivity contribution in [3.05, 3.63) is 36.4 Å². The number of aromatic nitrogens is 1. The van der Waals surface area contributed by atoms with Crippen molar-refractivity contribution in [3.8, 4) is 17.1 Å². The van der Waals surface area contributed by atoms with Crippen molar-refractivity contribution in [2.45, 2.75) is 32.6 Å². The van der Waals surface area contributed by atoms with Crippen LogP contribution in [-0.2, 0) is 11.2 Å². The monoisotopic (exact) mass is 371 g/mol. The molecule has 1 amide bonds. The molecule has 6 heteroatoms. The molecule has 1 saturated heterocycles. The van der Waals surface area contributed by atoms with E-state index in [1.54, 1.807) is 13.3 Å². The maximum atomic E-state index is 12.0. The lowest BCUT2D eigenvalue weighted by molar-refractivity contribution is -0.121. The Morgan fingerprint density at radius 1 is 1.30 bits per heavy atom.